The molecule has 2 aromatic carbocycles. The van der Waals surface area contributed by atoms with Crippen molar-refractivity contribution in [3.63, 3.8) is 0 Å². The lowest BCUT2D eigenvalue weighted by Gasteiger charge is -2.31. The Bertz CT molecular complexity index is 892. The number of likely N-dealkylation sites (tertiary alicyclic amines) is 1. The van der Waals surface area contributed by atoms with E-state index >= 15 is 0 Å². The van der Waals surface area contributed by atoms with E-state index in [2.05, 4.69) is 21.6 Å². The van der Waals surface area contributed by atoms with Crippen LogP contribution in [0.4, 0.5) is 10.5 Å². The summed E-state index contributed by atoms with van der Waals surface area (Å²) in [5.74, 6) is 0.560. The van der Waals surface area contributed by atoms with E-state index in [4.69, 9.17) is 10.5 Å². The van der Waals surface area contributed by atoms with E-state index in [9.17, 15) is 9.59 Å². The molecule has 2 atom stereocenters. The van der Waals surface area contributed by atoms with Crippen molar-refractivity contribution in [1.29, 1.82) is 0 Å². The van der Waals surface area contributed by atoms with Gasteiger partial charge in [0.05, 0.1) is 12.5 Å². The van der Waals surface area contributed by atoms with Gasteiger partial charge in [-0.15, -0.1) is 0 Å². The number of nitrogens with one attached hydrogen (secondary N) is 2. The van der Waals surface area contributed by atoms with Crippen LogP contribution in [0.1, 0.15) is 24.0 Å². The Balaban J connectivity index is 1.30. The Hall–Kier alpha value is -3.06. The van der Waals surface area contributed by atoms with Gasteiger partial charge in [0, 0.05) is 25.2 Å². The number of urea groups is 1. The molecule has 0 unspecified atom stereocenters. The molecule has 7 nitrogen and oxygen atoms in total. The summed E-state index contributed by atoms with van der Waals surface area (Å²) >= 11 is 0. The van der Waals surface area contributed by atoms with Gasteiger partial charge in [0.1, 0.15) is 11.9 Å². The average molecular weight is 409 g/mol. The van der Waals surface area contributed by atoms with Gasteiger partial charge in [-0.1, -0.05) is 36.4 Å². The summed E-state index contributed by atoms with van der Waals surface area (Å²) in [6, 6.07) is 15.4. The third-order valence-electron chi connectivity index (χ3n) is 5.77. The number of amides is 3. The lowest BCUT2D eigenvalue weighted by atomic mass is 9.97. The number of hydrogen-bond acceptors (Lipinski definition) is 4. The van der Waals surface area contributed by atoms with Gasteiger partial charge in [-0.3, -0.25) is 9.69 Å². The minimum absolute atomic E-state index is 0.0533. The van der Waals surface area contributed by atoms with Crippen molar-refractivity contribution in [2.24, 2.45) is 11.7 Å². The molecule has 30 heavy (non-hydrogen) atoms. The largest absolute Gasteiger partial charge is 0.488 e. The first-order chi connectivity index (χ1) is 14.6. The van der Waals surface area contributed by atoms with Crippen molar-refractivity contribution in [1.82, 2.24) is 10.2 Å². The fourth-order valence-electron chi connectivity index (χ4n) is 4.19. The molecule has 3 amide bonds. The summed E-state index contributed by atoms with van der Waals surface area (Å²) in [6.07, 6.45) is 2.54. The molecule has 2 aliphatic rings. The first-order valence-corrected chi connectivity index (χ1v) is 10.5. The SMILES string of the molecule is NC(=O)[C@@H]1CCCN(Cc2ccccc2NC(=O)NC[C@@H]2Cc3ccccc3O2)C1. The Kier molecular flexibility index (Phi) is 6.18. The average Bonchev–Trinajstić information content (AvgIpc) is 3.17. The minimum Gasteiger partial charge on any atom is -0.488 e. The van der Waals surface area contributed by atoms with Crippen LogP contribution in [0.25, 0.3) is 0 Å². The molecule has 2 aromatic rings. The number of fused-ring (bicyclic) bond motifs is 1. The number of carbonyl (C=O) groups is 2. The predicted molar refractivity (Wildman–Crippen MR) is 115 cm³/mol. The number of para-hydroxylation sites is 2. The zero-order valence-electron chi connectivity index (χ0n) is 17.0. The molecule has 0 aromatic heterocycles. The highest BCUT2D eigenvalue weighted by molar-refractivity contribution is 5.90. The van der Waals surface area contributed by atoms with Gasteiger partial charge in [-0.05, 0) is 42.6 Å². The second-order valence-electron chi connectivity index (χ2n) is 8.02. The summed E-state index contributed by atoms with van der Waals surface area (Å²) in [6.45, 7) is 2.69. The number of anilines is 1. The first-order valence-electron chi connectivity index (χ1n) is 10.5. The monoisotopic (exact) mass is 408 g/mol. The molecule has 0 aliphatic carbocycles. The summed E-state index contributed by atoms with van der Waals surface area (Å²) in [4.78, 5) is 26.2. The smallest absolute Gasteiger partial charge is 0.319 e. The standard InChI is InChI=1S/C23H28N4O3/c24-22(28)18-8-5-11-27(15-18)14-17-7-1-3-9-20(17)26-23(29)25-13-19-12-16-6-2-4-10-21(16)30-19/h1-4,6-7,9-10,18-19H,5,8,11-15H2,(H2,24,28)(H2,25,26,29)/t18-,19+/m1/s1. The summed E-state index contributed by atoms with van der Waals surface area (Å²) < 4.78 is 5.87. The lowest BCUT2D eigenvalue weighted by molar-refractivity contribution is -0.123. The van der Waals surface area contributed by atoms with Gasteiger partial charge in [0.25, 0.3) is 0 Å². The molecule has 7 heteroatoms. The highest BCUT2D eigenvalue weighted by Crippen LogP contribution is 2.28. The van der Waals surface area contributed by atoms with Crippen molar-refractivity contribution >= 4 is 17.6 Å². The van der Waals surface area contributed by atoms with Crippen LogP contribution in [0.3, 0.4) is 0 Å². The summed E-state index contributed by atoms with van der Waals surface area (Å²) in [5.41, 5.74) is 8.45. The maximum absolute atomic E-state index is 12.5. The number of benzene rings is 2. The first kappa shape index (κ1) is 20.2. The quantitative estimate of drug-likeness (QED) is 0.684. The summed E-state index contributed by atoms with van der Waals surface area (Å²) in [7, 11) is 0. The third kappa shape index (κ3) is 4.91. The van der Waals surface area contributed by atoms with E-state index in [1.165, 1.54) is 5.56 Å². The third-order valence-corrected chi connectivity index (χ3v) is 5.77. The van der Waals surface area contributed by atoms with Crippen molar-refractivity contribution in [2.45, 2.75) is 31.9 Å². The maximum Gasteiger partial charge on any atom is 0.319 e. The number of ether oxygens (including phenoxy) is 1. The van der Waals surface area contributed by atoms with Gasteiger partial charge >= 0.3 is 6.03 Å². The van der Waals surface area contributed by atoms with E-state index in [0.717, 1.165) is 42.8 Å². The van der Waals surface area contributed by atoms with Crippen molar-refractivity contribution < 1.29 is 14.3 Å². The Labute approximate surface area is 176 Å². The molecule has 4 N–H and O–H groups in total. The van der Waals surface area contributed by atoms with Crippen molar-refractivity contribution in [3.05, 3.63) is 59.7 Å². The van der Waals surface area contributed by atoms with Gasteiger partial charge < -0.3 is 21.1 Å². The van der Waals surface area contributed by atoms with Crippen LogP contribution < -0.4 is 21.1 Å². The van der Waals surface area contributed by atoms with Crippen LogP contribution in [-0.2, 0) is 17.8 Å². The van der Waals surface area contributed by atoms with Gasteiger partial charge in [0.15, 0.2) is 0 Å². The molecule has 158 valence electrons. The second kappa shape index (κ2) is 9.17. The normalized spacial score (nSPS) is 20.8. The van der Waals surface area contributed by atoms with Crippen LogP contribution >= 0.6 is 0 Å². The van der Waals surface area contributed by atoms with E-state index in [0.29, 0.717) is 19.6 Å². The van der Waals surface area contributed by atoms with E-state index in [1.807, 2.05) is 42.5 Å². The van der Waals surface area contributed by atoms with Crippen LogP contribution in [0, 0.1) is 5.92 Å². The number of nitrogens with two attached hydrogens (primary N) is 1. The molecule has 1 saturated heterocycles. The second-order valence-corrected chi connectivity index (χ2v) is 8.02. The molecule has 0 radical (unpaired) electrons. The van der Waals surface area contributed by atoms with Gasteiger partial charge in [-0.2, -0.15) is 0 Å². The van der Waals surface area contributed by atoms with E-state index in [-0.39, 0.29) is 24.0 Å². The molecule has 4 rings (SSSR count). The molecule has 0 saturated carbocycles. The highest BCUT2D eigenvalue weighted by atomic mass is 16.5. The number of carbonyl (C=O) groups excluding carboxylic acids is 2. The molecular weight excluding hydrogens is 380 g/mol. The molecular formula is C23H28N4O3. The molecule has 0 bridgehead atoms. The number of hydrogen-bond donors (Lipinski definition) is 3. The van der Waals surface area contributed by atoms with Crippen LogP contribution in [-0.4, -0.2) is 42.6 Å². The fraction of sp³-hybridized carbons (Fsp3) is 0.391. The maximum atomic E-state index is 12.5. The highest BCUT2D eigenvalue weighted by Gasteiger charge is 2.25. The topological polar surface area (TPSA) is 96.7 Å². The Morgan fingerprint density at radius 2 is 1.93 bits per heavy atom. The van der Waals surface area contributed by atoms with Crippen molar-refractivity contribution in [2.75, 3.05) is 25.0 Å². The summed E-state index contributed by atoms with van der Waals surface area (Å²) in [5, 5.41) is 5.87. The number of primary amides is 1. The Morgan fingerprint density at radius 3 is 2.77 bits per heavy atom. The zero-order valence-corrected chi connectivity index (χ0v) is 17.0. The Morgan fingerprint density at radius 1 is 1.13 bits per heavy atom. The lowest BCUT2D eigenvalue weighted by Crippen LogP contribution is -2.41. The molecule has 2 aliphatic heterocycles. The zero-order chi connectivity index (χ0) is 20.9. The van der Waals surface area contributed by atoms with Crippen LogP contribution in [0.2, 0.25) is 0 Å². The predicted octanol–water partition coefficient (Wildman–Crippen LogP) is 2.51. The minimum atomic E-state index is -0.254. The molecule has 0 spiro atoms. The van der Waals surface area contributed by atoms with Crippen LogP contribution in [0.5, 0.6) is 5.75 Å². The van der Waals surface area contributed by atoms with E-state index < -0.39 is 0 Å². The number of piperidine rings is 1. The fourth-order valence-corrected chi connectivity index (χ4v) is 4.19. The van der Waals surface area contributed by atoms with Crippen molar-refractivity contribution in [3.8, 4) is 5.75 Å². The molecule has 2 heterocycles. The van der Waals surface area contributed by atoms with Crippen LogP contribution in [0.15, 0.2) is 48.5 Å². The number of rotatable bonds is 6. The molecule has 1 fully saturated rings. The van der Waals surface area contributed by atoms with E-state index in [1.54, 1.807) is 0 Å². The number of nitrogens with zero attached hydrogens (tertiary/aromatic N) is 1. The van der Waals surface area contributed by atoms with Gasteiger partial charge in [-0.25, -0.2) is 4.79 Å². The van der Waals surface area contributed by atoms with Gasteiger partial charge in [0.2, 0.25) is 5.91 Å².